The van der Waals surface area contributed by atoms with Crippen LogP contribution in [-0.4, -0.2) is 17.4 Å². The molecule has 1 aromatic carbocycles. The van der Waals surface area contributed by atoms with Crippen LogP contribution in [0.5, 0.6) is 0 Å². The highest BCUT2D eigenvalue weighted by Crippen LogP contribution is 2.20. The molecule has 0 aliphatic rings. The van der Waals surface area contributed by atoms with Crippen molar-refractivity contribution in [2.45, 2.75) is 6.92 Å². The van der Waals surface area contributed by atoms with E-state index in [-0.39, 0.29) is 17.3 Å². The Kier molecular flexibility index (Phi) is 4.27. The molecule has 2 rings (SSSR count). The van der Waals surface area contributed by atoms with Crippen molar-refractivity contribution in [3.8, 4) is 0 Å². The maximum Gasteiger partial charge on any atom is 0.276 e. The predicted octanol–water partition coefficient (Wildman–Crippen LogP) is 3.65. The summed E-state index contributed by atoms with van der Waals surface area (Å²) in [5.41, 5.74) is 0.538. The number of rotatable bonds is 3. The van der Waals surface area contributed by atoms with E-state index in [0.29, 0.717) is 11.1 Å². The lowest BCUT2D eigenvalue weighted by Crippen LogP contribution is -2.32. The Morgan fingerprint density at radius 3 is 2.63 bits per heavy atom. The van der Waals surface area contributed by atoms with Crippen molar-refractivity contribution in [2.24, 2.45) is 0 Å². The molecule has 2 aromatic rings. The zero-order chi connectivity index (χ0) is 13.8. The largest absolute Gasteiger partial charge is 0.304 e. The molecular weight excluding hydrogens is 311 g/mol. The van der Waals surface area contributed by atoms with Crippen molar-refractivity contribution in [1.82, 2.24) is 4.98 Å². The number of pyridine rings is 1. The number of aromatic nitrogens is 1. The minimum atomic E-state index is -0.423. The van der Waals surface area contributed by atoms with Crippen LogP contribution in [0.1, 0.15) is 17.4 Å². The highest BCUT2D eigenvalue weighted by molar-refractivity contribution is 9.10. The van der Waals surface area contributed by atoms with Gasteiger partial charge in [-0.15, -0.1) is 0 Å². The summed E-state index contributed by atoms with van der Waals surface area (Å²) < 4.78 is 14.3. The van der Waals surface area contributed by atoms with Crippen LogP contribution < -0.4 is 4.90 Å². The number of halogens is 2. The molecule has 0 unspecified atom stereocenters. The summed E-state index contributed by atoms with van der Waals surface area (Å²) in [6, 6.07) is 11.3. The zero-order valence-electron chi connectivity index (χ0n) is 10.3. The molecule has 0 saturated heterocycles. The number of carbonyl (C=O) groups is 1. The van der Waals surface area contributed by atoms with Gasteiger partial charge in [-0.05, 0) is 47.1 Å². The highest BCUT2D eigenvalue weighted by Gasteiger charge is 2.19. The molecule has 0 fully saturated rings. The fourth-order valence-corrected chi connectivity index (χ4v) is 2.10. The standard InChI is InChI=1S/C14H12BrFN2O/c1-2-18(12-8-4-3-6-10(12)16)14(19)11-7-5-9-13(15)17-11/h3-9H,2H2,1H3. The molecule has 98 valence electrons. The second-order valence-electron chi connectivity index (χ2n) is 3.85. The number of nitrogens with zero attached hydrogens (tertiary/aromatic N) is 2. The van der Waals surface area contributed by atoms with Crippen LogP contribution in [-0.2, 0) is 0 Å². The van der Waals surface area contributed by atoms with Crippen LogP contribution in [0.25, 0.3) is 0 Å². The quantitative estimate of drug-likeness (QED) is 0.808. The minimum absolute atomic E-state index is 0.261. The average Bonchev–Trinajstić information content (AvgIpc) is 2.41. The van der Waals surface area contributed by atoms with Crippen molar-refractivity contribution in [1.29, 1.82) is 0 Å². The Balaban J connectivity index is 2.38. The Morgan fingerprint density at radius 2 is 2.00 bits per heavy atom. The SMILES string of the molecule is CCN(C(=O)c1cccc(Br)n1)c1ccccc1F. The first-order valence-electron chi connectivity index (χ1n) is 5.82. The van der Waals surface area contributed by atoms with E-state index < -0.39 is 5.82 Å². The Morgan fingerprint density at radius 1 is 1.26 bits per heavy atom. The van der Waals surface area contributed by atoms with Crippen LogP contribution in [0.4, 0.5) is 10.1 Å². The van der Waals surface area contributed by atoms with Crippen LogP contribution in [0, 0.1) is 5.82 Å². The van der Waals surface area contributed by atoms with E-state index in [9.17, 15) is 9.18 Å². The van der Waals surface area contributed by atoms with Gasteiger partial charge in [-0.1, -0.05) is 18.2 Å². The molecule has 0 spiro atoms. The molecule has 0 bridgehead atoms. The number of carbonyl (C=O) groups excluding carboxylic acids is 1. The highest BCUT2D eigenvalue weighted by atomic mass is 79.9. The van der Waals surface area contributed by atoms with Crippen LogP contribution in [0.2, 0.25) is 0 Å². The first-order chi connectivity index (χ1) is 9.13. The summed E-state index contributed by atoms with van der Waals surface area (Å²) in [4.78, 5) is 17.8. The van der Waals surface area contributed by atoms with E-state index in [0.717, 1.165) is 0 Å². The van der Waals surface area contributed by atoms with Crippen LogP contribution >= 0.6 is 15.9 Å². The van der Waals surface area contributed by atoms with Crippen LogP contribution in [0.3, 0.4) is 0 Å². The molecule has 0 N–H and O–H groups in total. The molecule has 1 heterocycles. The molecule has 5 heteroatoms. The topological polar surface area (TPSA) is 33.2 Å². The lowest BCUT2D eigenvalue weighted by atomic mass is 10.2. The second kappa shape index (κ2) is 5.93. The maximum atomic E-state index is 13.8. The van der Waals surface area contributed by atoms with E-state index in [1.807, 2.05) is 0 Å². The molecular formula is C14H12BrFN2O. The van der Waals surface area contributed by atoms with Gasteiger partial charge in [0.25, 0.3) is 5.91 Å². The Hall–Kier alpha value is -1.75. The molecule has 0 radical (unpaired) electrons. The monoisotopic (exact) mass is 322 g/mol. The lowest BCUT2D eigenvalue weighted by molar-refractivity contribution is 0.0982. The summed E-state index contributed by atoms with van der Waals surface area (Å²) >= 11 is 3.22. The van der Waals surface area contributed by atoms with Gasteiger partial charge in [-0.3, -0.25) is 4.79 Å². The van der Waals surface area contributed by atoms with E-state index in [1.54, 1.807) is 43.3 Å². The van der Waals surface area contributed by atoms with E-state index in [1.165, 1.54) is 11.0 Å². The summed E-state index contributed by atoms with van der Waals surface area (Å²) in [5.74, 6) is -0.749. The van der Waals surface area contributed by atoms with Crippen molar-refractivity contribution in [3.63, 3.8) is 0 Å². The van der Waals surface area contributed by atoms with Crippen molar-refractivity contribution in [2.75, 3.05) is 11.4 Å². The van der Waals surface area contributed by atoms with Gasteiger partial charge in [0.15, 0.2) is 0 Å². The fraction of sp³-hybridized carbons (Fsp3) is 0.143. The number of hydrogen-bond acceptors (Lipinski definition) is 2. The molecule has 3 nitrogen and oxygen atoms in total. The van der Waals surface area contributed by atoms with Gasteiger partial charge in [0, 0.05) is 6.54 Å². The number of para-hydroxylation sites is 1. The third-order valence-electron chi connectivity index (χ3n) is 2.64. The van der Waals surface area contributed by atoms with Gasteiger partial charge in [-0.25, -0.2) is 9.37 Å². The summed E-state index contributed by atoms with van der Waals surface area (Å²) in [6.45, 7) is 2.16. The predicted molar refractivity (Wildman–Crippen MR) is 75.7 cm³/mol. The van der Waals surface area contributed by atoms with Crippen molar-refractivity contribution in [3.05, 3.63) is 58.6 Å². The van der Waals surface area contributed by atoms with Crippen molar-refractivity contribution >= 4 is 27.5 Å². The summed E-state index contributed by atoms with van der Waals surface area (Å²) in [6.07, 6.45) is 0. The van der Waals surface area contributed by atoms with Gasteiger partial charge in [0.1, 0.15) is 16.1 Å². The van der Waals surface area contributed by atoms with Gasteiger partial charge in [0.2, 0.25) is 0 Å². The number of amides is 1. The van der Waals surface area contributed by atoms with Gasteiger partial charge in [0.05, 0.1) is 5.69 Å². The Labute approximate surface area is 119 Å². The van der Waals surface area contributed by atoms with E-state index >= 15 is 0 Å². The average molecular weight is 323 g/mol. The summed E-state index contributed by atoms with van der Waals surface area (Å²) in [5, 5.41) is 0. The van der Waals surface area contributed by atoms with E-state index in [2.05, 4.69) is 20.9 Å². The van der Waals surface area contributed by atoms with Gasteiger partial charge in [-0.2, -0.15) is 0 Å². The smallest absolute Gasteiger partial charge is 0.276 e. The molecule has 19 heavy (non-hydrogen) atoms. The molecule has 0 atom stereocenters. The summed E-state index contributed by atoms with van der Waals surface area (Å²) in [7, 11) is 0. The molecule has 1 amide bonds. The third kappa shape index (κ3) is 2.98. The van der Waals surface area contributed by atoms with Gasteiger partial charge < -0.3 is 4.90 Å². The maximum absolute atomic E-state index is 13.8. The fourth-order valence-electron chi connectivity index (χ4n) is 1.76. The number of benzene rings is 1. The zero-order valence-corrected chi connectivity index (χ0v) is 11.9. The number of hydrogen-bond donors (Lipinski definition) is 0. The molecule has 0 aliphatic carbocycles. The normalized spacial score (nSPS) is 10.3. The second-order valence-corrected chi connectivity index (χ2v) is 4.66. The molecule has 0 saturated carbocycles. The lowest BCUT2D eigenvalue weighted by Gasteiger charge is -2.21. The van der Waals surface area contributed by atoms with E-state index in [4.69, 9.17) is 0 Å². The number of anilines is 1. The minimum Gasteiger partial charge on any atom is -0.304 e. The van der Waals surface area contributed by atoms with Crippen LogP contribution in [0.15, 0.2) is 47.1 Å². The molecule has 1 aromatic heterocycles. The van der Waals surface area contributed by atoms with Gasteiger partial charge >= 0.3 is 0 Å². The first kappa shape index (κ1) is 13.7. The molecule has 0 aliphatic heterocycles. The Bertz CT molecular complexity index is 604. The third-order valence-corrected chi connectivity index (χ3v) is 3.08. The first-order valence-corrected chi connectivity index (χ1v) is 6.61. The van der Waals surface area contributed by atoms with Crippen molar-refractivity contribution < 1.29 is 9.18 Å².